The molecule has 1 aliphatic heterocycles. The highest BCUT2D eigenvalue weighted by molar-refractivity contribution is 6.56. The molecule has 0 fully saturated rings. The summed E-state index contributed by atoms with van der Waals surface area (Å²) in [6.07, 6.45) is 0. The number of hydrogen-bond acceptors (Lipinski definition) is 4. The Morgan fingerprint density at radius 2 is 1.75 bits per heavy atom. The van der Waals surface area contributed by atoms with Gasteiger partial charge >= 0.3 is 7.12 Å². The number of benzene rings is 2. The lowest BCUT2D eigenvalue weighted by atomic mass is 9.76. The summed E-state index contributed by atoms with van der Waals surface area (Å²) in [7, 11) is -0.0914. The normalized spacial score (nSPS) is 14.3. The number of carbonyl (C=O) groups is 1. The van der Waals surface area contributed by atoms with Crippen molar-refractivity contribution in [3.05, 3.63) is 71.2 Å². The maximum Gasteiger partial charge on any atom is 0.486 e. The van der Waals surface area contributed by atoms with E-state index >= 15 is 0 Å². The van der Waals surface area contributed by atoms with Crippen LogP contribution in [0.25, 0.3) is 5.57 Å². The maximum atomic E-state index is 12.8. The minimum atomic E-state index is -1.66. The van der Waals surface area contributed by atoms with Gasteiger partial charge in [-0.2, -0.15) is 0 Å². The van der Waals surface area contributed by atoms with Gasteiger partial charge in [0.2, 0.25) is 0 Å². The number of carbonyl (C=O) groups excluding carboxylic acids is 1. The van der Waals surface area contributed by atoms with Crippen LogP contribution in [0.1, 0.15) is 11.1 Å². The van der Waals surface area contributed by atoms with Crippen molar-refractivity contribution in [1.29, 1.82) is 0 Å². The summed E-state index contributed by atoms with van der Waals surface area (Å²) in [5, 5.41) is 19.4. The Morgan fingerprint density at radius 1 is 1.08 bits per heavy atom. The van der Waals surface area contributed by atoms with E-state index in [0.29, 0.717) is 28.9 Å². The number of hydrogen-bond donors (Lipinski definition) is 2. The number of rotatable bonds is 5. The molecule has 0 bridgehead atoms. The summed E-state index contributed by atoms with van der Waals surface area (Å²) in [6.45, 7) is 0.627. The van der Waals surface area contributed by atoms with Gasteiger partial charge in [0.25, 0.3) is 5.91 Å². The van der Waals surface area contributed by atoms with Gasteiger partial charge in [0, 0.05) is 18.7 Å². The molecule has 2 N–H and O–H groups in total. The number of ether oxygens (including phenoxy) is 1. The Labute approximate surface area is 140 Å². The molecule has 24 heavy (non-hydrogen) atoms. The molecule has 1 aliphatic rings. The molecule has 0 spiro atoms. The van der Waals surface area contributed by atoms with Gasteiger partial charge in [0.1, 0.15) is 5.75 Å². The van der Waals surface area contributed by atoms with Crippen LogP contribution in [-0.4, -0.2) is 41.6 Å². The van der Waals surface area contributed by atoms with Crippen molar-refractivity contribution in [1.82, 2.24) is 4.90 Å². The van der Waals surface area contributed by atoms with E-state index in [1.807, 2.05) is 30.3 Å². The van der Waals surface area contributed by atoms with Crippen molar-refractivity contribution in [2.45, 2.75) is 6.54 Å². The fraction of sp³-hybridized carbons (Fsp3) is 0.167. The molecule has 5 nitrogen and oxygen atoms in total. The zero-order chi connectivity index (χ0) is 17.1. The Hall–Kier alpha value is -2.57. The highest BCUT2D eigenvalue weighted by Crippen LogP contribution is 2.30. The third-order valence-electron chi connectivity index (χ3n) is 4.09. The Balaban J connectivity index is 1.89. The summed E-state index contributed by atoms with van der Waals surface area (Å²) in [4.78, 5) is 14.4. The smallest absolute Gasteiger partial charge is 0.486 e. The van der Waals surface area contributed by atoms with E-state index in [1.54, 1.807) is 36.3 Å². The highest BCUT2D eigenvalue weighted by atomic mass is 16.5. The first-order valence-electron chi connectivity index (χ1n) is 7.67. The molecule has 3 rings (SSSR count). The van der Waals surface area contributed by atoms with Crippen LogP contribution >= 0.6 is 0 Å². The molecule has 2 aromatic rings. The molecule has 0 unspecified atom stereocenters. The quantitative estimate of drug-likeness (QED) is 0.818. The van der Waals surface area contributed by atoms with Crippen molar-refractivity contribution >= 4 is 18.6 Å². The molecule has 0 saturated heterocycles. The van der Waals surface area contributed by atoms with Crippen LogP contribution in [0.4, 0.5) is 0 Å². The van der Waals surface area contributed by atoms with Gasteiger partial charge in [-0.15, -0.1) is 0 Å². The summed E-state index contributed by atoms with van der Waals surface area (Å²) >= 11 is 0. The van der Waals surface area contributed by atoms with E-state index in [2.05, 4.69) is 0 Å². The molecule has 6 heteroatoms. The third kappa shape index (κ3) is 3.20. The Kier molecular flexibility index (Phi) is 4.69. The molecule has 1 amide bonds. The summed E-state index contributed by atoms with van der Waals surface area (Å²) < 4.78 is 5.12. The predicted octanol–water partition coefficient (Wildman–Crippen LogP) is 1.50. The van der Waals surface area contributed by atoms with Crippen LogP contribution in [0.5, 0.6) is 5.75 Å². The average molecular weight is 323 g/mol. The summed E-state index contributed by atoms with van der Waals surface area (Å²) in [5.41, 5.74) is 2.32. The van der Waals surface area contributed by atoms with Crippen LogP contribution < -0.4 is 4.74 Å². The summed E-state index contributed by atoms with van der Waals surface area (Å²) in [6, 6.07) is 16.6. The van der Waals surface area contributed by atoms with Gasteiger partial charge in [-0.1, -0.05) is 42.5 Å². The van der Waals surface area contributed by atoms with Gasteiger partial charge in [-0.05, 0) is 28.7 Å². The first-order valence-corrected chi connectivity index (χ1v) is 7.67. The highest BCUT2D eigenvalue weighted by Gasteiger charge is 2.36. The van der Waals surface area contributed by atoms with Gasteiger partial charge in [-0.3, -0.25) is 4.79 Å². The summed E-state index contributed by atoms with van der Waals surface area (Å²) in [5.74, 6) is 0.476. The van der Waals surface area contributed by atoms with Crippen LogP contribution in [0.15, 0.2) is 60.1 Å². The van der Waals surface area contributed by atoms with Crippen molar-refractivity contribution in [2.24, 2.45) is 0 Å². The fourth-order valence-electron chi connectivity index (χ4n) is 2.86. The second-order valence-corrected chi connectivity index (χ2v) is 5.65. The molecule has 1 heterocycles. The van der Waals surface area contributed by atoms with Gasteiger partial charge in [0.15, 0.2) is 0 Å². The second-order valence-electron chi connectivity index (χ2n) is 5.65. The molecule has 0 saturated carbocycles. The Morgan fingerprint density at radius 3 is 2.33 bits per heavy atom. The Bertz CT molecular complexity index is 756. The van der Waals surface area contributed by atoms with Gasteiger partial charge in [-0.25, -0.2) is 0 Å². The van der Waals surface area contributed by atoms with E-state index in [-0.39, 0.29) is 12.5 Å². The molecular formula is C18H18BNO4. The predicted molar refractivity (Wildman–Crippen MR) is 92.0 cm³/mol. The standard InChI is InChI=1S/C18H18BNO4/c1-24-15-9-7-14(8-10-15)17-16(19(22)23)12-20(18(17)21)11-13-5-3-2-4-6-13/h2-10,22-23H,11-12H2,1H3. The van der Waals surface area contributed by atoms with E-state index in [9.17, 15) is 14.8 Å². The molecule has 0 aliphatic carbocycles. The van der Waals surface area contributed by atoms with Crippen LogP contribution in [0.3, 0.4) is 0 Å². The maximum absolute atomic E-state index is 12.8. The van der Waals surface area contributed by atoms with Crippen molar-refractivity contribution in [3.63, 3.8) is 0 Å². The van der Waals surface area contributed by atoms with Gasteiger partial charge < -0.3 is 19.7 Å². The molecule has 0 atom stereocenters. The topological polar surface area (TPSA) is 70.0 Å². The monoisotopic (exact) mass is 323 g/mol. The molecular weight excluding hydrogens is 305 g/mol. The average Bonchev–Trinajstić information content (AvgIpc) is 2.93. The van der Waals surface area contributed by atoms with Gasteiger partial charge in [0.05, 0.1) is 7.11 Å². The van der Waals surface area contributed by atoms with Crippen LogP contribution in [0, 0.1) is 0 Å². The number of nitrogens with zero attached hydrogens (tertiary/aromatic N) is 1. The third-order valence-corrected chi connectivity index (χ3v) is 4.09. The van der Waals surface area contributed by atoms with Crippen molar-refractivity contribution in [3.8, 4) is 5.75 Å². The largest absolute Gasteiger partial charge is 0.497 e. The SMILES string of the molecule is COc1ccc(C2=C(B(O)O)CN(Cc3ccccc3)C2=O)cc1. The minimum absolute atomic E-state index is 0.201. The molecule has 122 valence electrons. The van der Waals surface area contributed by atoms with Crippen molar-refractivity contribution in [2.75, 3.05) is 13.7 Å². The lowest BCUT2D eigenvalue weighted by Crippen LogP contribution is -2.28. The molecule has 2 aromatic carbocycles. The molecule has 0 radical (unpaired) electrons. The lowest BCUT2D eigenvalue weighted by molar-refractivity contribution is -0.124. The van der Waals surface area contributed by atoms with Crippen LogP contribution in [-0.2, 0) is 11.3 Å². The molecule has 0 aromatic heterocycles. The second kappa shape index (κ2) is 6.90. The van der Waals surface area contributed by atoms with E-state index in [4.69, 9.17) is 4.74 Å². The van der Waals surface area contributed by atoms with E-state index < -0.39 is 7.12 Å². The van der Waals surface area contributed by atoms with E-state index in [1.165, 1.54) is 0 Å². The number of amides is 1. The zero-order valence-electron chi connectivity index (χ0n) is 13.3. The first-order chi connectivity index (χ1) is 11.6. The van der Waals surface area contributed by atoms with Crippen LogP contribution in [0.2, 0.25) is 0 Å². The lowest BCUT2D eigenvalue weighted by Gasteiger charge is -2.17. The van der Waals surface area contributed by atoms with Crippen molar-refractivity contribution < 1.29 is 19.6 Å². The van der Waals surface area contributed by atoms with E-state index in [0.717, 1.165) is 5.56 Å². The zero-order valence-corrected chi connectivity index (χ0v) is 13.3. The fourth-order valence-corrected chi connectivity index (χ4v) is 2.86. The number of methoxy groups -OCH3 is 1. The minimum Gasteiger partial charge on any atom is -0.497 e. The first kappa shape index (κ1) is 16.3.